The fourth-order valence-corrected chi connectivity index (χ4v) is 5.09. The van der Waals surface area contributed by atoms with E-state index in [0.29, 0.717) is 27.9 Å². The number of aromatic nitrogens is 5. The number of carbonyl (C=O) groups is 1. The first-order valence-electron chi connectivity index (χ1n) is 10.8. The van der Waals surface area contributed by atoms with E-state index < -0.39 is 18.0 Å². The van der Waals surface area contributed by atoms with Gasteiger partial charge in [-0.2, -0.15) is 13.2 Å². The molecular formula is C23H17ClF3N7O. The van der Waals surface area contributed by atoms with Gasteiger partial charge in [0.1, 0.15) is 22.7 Å². The second-order valence-corrected chi connectivity index (χ2v) is 9.04. The Morgan fingerprint density at radius 3 is 2.63 bits per heavy atom. The molecule has 1 amide bonds. The van der Waals surface area contributed by atoms with Crippen molar-refractivity contribution in [3.05, 3.63) is 64.7 Å². The Morgan fingerprint density at radius 1 is 1.14 bits per heavy atom. The Balaban J connectivity index is 1.48. The molecule has 6 rings (SSSR count). The fourth-order valence-electron chi connectivity index (χ4n) is 4.96. The number of alkyl halides is 3. The summed E-state index contributed by atoms with van der Waals surface area (Å²) in [5, 5.41) is 6.70. The van der Waals surface area contributed by atoms with Crippen LogP contribution in [0.25, 0.3) is 17.2 Å². The minimum Gasteiger partial charge on any atom is -0.365 e. The maximum atomic E-state index is 13.3. The molecule has 35 heavy (non-hydrogen) atoms. The minimum atomic E-state index is -4.33. The van der Waals surface area contributed by atoms with Crippen LogP contribution >= 0.6 is 11.6 Å². The molecule has 1 aromatic carbocycles. The third kappa shape index (κ3) is 3.25. The van der Waals surface area contributed by atoms with Gasteiger partial charge in [-0.25, -0.2) is 19.9 Å². The average molecular weight is 500 g/mol. The van der Waals surface area contributed by atoms with Crippen LogP contribution in [0.1, 0.15) is 30.2 Å². The zero-order valence-corrected chi connectivity index (χ0v) is 18.9. The lowest BCUT2D eigenvalue weighted by Gasteiger charge is -2.28. The molecule has 2 N–H and O–H groups in total. The Labute approximate surface area is 201 Å². The van der Waals surface area contributed by atoms with Crippen LogP contribution in [0.4, 0.5) is 24.8 Å². The summed E-state index contributed by atoms with van der Waals surface area (Å²) < 4.78 is 40.2. The average Bonchev–Trinajstić information content (AvgIpc) is 3.47. The highest BCUT2D eigenvalue weighted by Gasteiger charge is 2.59. The molecule has 0 saturated carbocycles. The summed E-state index contributed by atoms with van der Waals surface area (Å²) in [6.07, 6.45) is -0.965. The number of nitrogens with zero attached hydrogens (tertiary/aromatic N) is 5. The summed E-state index contributed by atoms with van der Waals surface area (Å²) >= 11 is 6.06. The molecular weight excluding hydrogens is 483 g/mol. The normalized spacial score (nSPS) is 20.7. The highest BCUT2D eigenvalue weighted by atomic mass is 35.5. The van der Waals surface area contributed by atoms with Crippen LogP contribution in [0.15, 0.2) is 42.9 Å². The Hall–Kier alpha value is -3.73. The summed E-state index contributed by atoms with van der Waals surface area (Å²) in [6, 6.07) is 6.72. The van der Waals surface area contributed by atoms with Crippen LogP contribution in [0.3, 0.4) is 0 Å². The Morgan fingerprint density at radius 2 is 1.89 bits per heavy atom. The first-order valence-corrected chi connectivity index (χ1v) is 11.2. The van der Waals surface area contributed by atoms with Gasteiger partial charge in [0.15, 0.2) is 11.5 Å². The van der Waals surface area contributed by atoms with Crippen LogP contribution in [-0.4, -0.2) is 42.5 Å². The third-order valence-corrected chi connectivity index (χ3v) is 6.77. The number of hydrogen-bond acceptors (Lipinski definition) is 6. The number of benzene rings is 1. The molecule has 0 aliphatic carbocycles. The Bertz CT molecular complexity index is 1500. The maximum Gasteiger partial charge on any atom is 0.389 e. The largest absolute Gasteiger partial charge is 0.389 e. The number of nitrogens with one attached hydrogen (secondary N) is 2. The molecule has 12 heteroatoms. The van der Waals surface area contributed by atoms with Gasteiger partial charge in [-0.3, -0.25) is 4.79 Å². The summed E-state index contributed by atoms with van der Waals surface area (Å²) in [6.45, 7) is 1.88. The molecule has 0 bridgehead atoms. The molecule has 8 nitrogen and oxygen atoms in total. The van der Waals surface area contributed by atoms with E-state index in [4.69, 9.17) is 11.6 Å². The standard InChI is InChI=1S/C23H17ClF3N7O/c1-11-23(12-2-4-13(24)5-3-12)16-18(29-11)31-17(32-19(16)33-21(23)35)15-10-34-9-8-28-20(34)14(30-15)6-7-22(25,26)27/h2-5,8-11H,6-7H2,1H3,(H2,29,31,32,33,35). The van der Waals surface area contributed by atoms with Crippen LogP contribution in [0.5, 0.6) is 0 Å². The predicted octanol–water partition coefficient (Wildman–Crippen LogP) is 4.39. The van der Waals surface area contributed by atoms with E-state index in [0.717, 1.165) is 5.56 Å². The van der Waals surface area contributed by atoms with Gasteiger partial charge >= 0.3 is 6.18 Å². The SMILES string of the molecule is CC1Nc2nc(-c3cn4ccnc4c(CCC(F)(F)F)n3)nc3c2C1(c1ccc(Cl)cc1)C(=O)N3. The van der Waals surface area contributed by atoms with Gasteiger partial charge in [0.05, 0.1) is 11.3 Å². The van der Waals surface area contributed by atoms with E-state index in [1.165, 1.54) is 6.20 Å². The summed E-state index contributed by atoms with van der Waals surface area (Å²) in [5.74, 6) is 0.738. The molecule has 2 aliphatic heterocycles. The maximum absolute atomic E-state index is 13.3. The van der Waals surface area contributed by atoms with Crippen molar-refractivity contribution in [2.45, 2.75) is 37.4 Å². The number of halogens is 4. The van der Waals surface area contributed by atoms with E-state index in [2.05, 4.69) is 30.6 Å². The topological polar surface area (TPSA) is 97.1 Å². The highest BCUT2D eigenvalue weighted by molar-refractivity contribution is 6.30. The van der Waals surface area contributed by atoms with Crippen LogP contribution in [0, 0.1) is 0 Å². The number of aryl methyl sites for hydroxylation is 1. The number of rotatable bonds is 4. The van der Waals surface area contributed by atoms with Crippen molar-refractivity contribution in [1.82, 2.24) is 24.3 Å². The number of imidazole rings is 1. The second-order valence-electron chi connectivity index (χ2n) is 8.60. The van der Waals surface area contributed by atoms with Crippen molar-refractivity contribution in [2.75, 3.05) is 10.6 Å². The van der Waals surface area contributed by atoms with Gasteiger partial charge in [0.25, 0.3) is 0 Å². The van der Waals surface area contributed by atoms with Crippen molar-refractivity contribution >= 4 is 34.8 Å². The zero-order chi connectivity index (χ0) is 24.5. The van der Waals surface area contributed by atoms with Crippen molar-refractivity contribution in [3.8, 4) is 11.5 Å². The number of carbonyl (C=O) groups excluding carboxylic acids is 1. The molecule has 2 aliphatic rings. The van der Waals surface area contributed by atoms with E-state index in [1.807, 2.05) is 6.92 Å². The fraction of sp³-hybridized carbons (Fsp3) is 0.261. The quantitative estimate of drug-likeness (QED) is 0.432. The van der Waals surface area contributed by atoms with Gasteiger partial charge in [-0.15, -0.1) is 0 Å². The molecule has 5 heterocycles. The van der Waals surface area contributed by atoms with Crippen LogP contribution < -0.4 is 10.6 Å². The summed E-state index contributed by atoms with van der Waals surface area (Å²) in [7, 11) is 0. The van der Waals surface area contributed by atoms with Crippen LogP contribution in [0.2, 0.25) is 5.02 Å². The molecule has 3 aromatic heterocycles. The molecule has 178 valence electrons. The van der Waals surface area contributed by atoms with Gasteiger partial charge in [-0.1, -0.05) is 23.7 Å². The van der Waals surface area contributed by atoms with Gasteiger partial charge in [0.2, 0.25) is 5.91 Å². The van der Waals surface area contributed by atoms with E-state index in [9.17, 15) is 18.0 Å². The van der Waals surface area contributed by atoms with E-state index in [1.54, 1.807) is 41.1 Å². The van der Waals surface area contributed by atoms with Gasteiger partial charge < -0.3 is 15.0 Å². The summed E-state index contributed by atoms with van der Waals surface area (Å²) in [5.41, 5.74) is 1.14. The second kappa shape index (κ2) is 7.38. The van der Waals surface area contributed by atoms with Crippen molar-refractivity contribution < 1.29 is 18.0 Å². The Kier molecular flexibility index (Phi) is 4.59. The molecule has 2 unspecified atom stereocenters. The lowest BCUT2D eigenvalue weighted by molar-refractivity contribution is -0.134. The number of anilines is 2. The smallest absolute Gasteiger partial charge is 0.365 e. The molecule has 0 spiro atoms. The van der Waals surface area contributed by atoms with Crippen molar-refractivity contribution in [3.63, 3.8) is 0 Å². The molecule has 0 radical (unpaired) electrons. The first kappa shape index (κ1) is 21.8. The molecule has 4 aromatic rings. The van der Waals surface area contributed by atoms with Gasteiger partial charge in [-0.05, 0) is 24.6 Å². The van der Waals surface area contributed by atoms with Crippen LogP contribution in [-0.2, 0) is 16.6 Å². The third-order valence-electron chi connectivity index (χ3n) is 6.51. The predicted molar refractivity (Wildman–Crippen MR) is 122 cm³/mol. The van der Waals surface area contributed by atoms with Crippen molar-refractivity contribution in [2.24, 2.45) is 0 Å². The lowest BCUT2D eigenvalue weighted by atomic mass is 9.73. The highest BCUT2D eigenvalue weighted by Crippen LogP contribution is 2.52. The van der Waals surface area contributed by atoms with Crippen molar-refractivity contribution in [1.29, 1.82) is 0 Å². The van der Waals surface area contributed by atoms with E-state index in [-0.39, 0.29) is 35.6 Å². The van der Waals surface area contributed by atoms with Gasteiger partial charge in [0, 0.05) is 42.5 Å². The lowest BCUT2D eigenvalue weighted by Crippen LogP contribution is -2.44. The summed E-state index contributed by atoms with van der Waals surface area (Å²) in [4.78, 5) is 31.1. The number of fused-ring (bicyclic) bond motifs is 1. The monoisotopic (exact) mass is 499 g/mol. The first-order chi connectivity index (χ1) is 16.7. The zero-order valence-electron chi connectivity index (χ0n) is 18.2. The number of hydrogen-bond donors (Lipinski definition) is 2. The molecule has 2 atom stereocenters. The molecule has 0 fully saturated rings. The minimum absolute atomic E-state index is 0.177. The molecule has 0 saturated heterocycles. The van der Waals surface area contributed by atoms with E-state index >= 15 is 0 Å². The number of amides is 1.